The number of carbonyl (C=O) groups excluding carboxylic acids is 1. The Morgan fingerprint density at radius 3 is 2.46 bits per heavy atom. The normalized spacial score (nSPS) is 11.5. The van der Waals surface area contributed by atoms with E-state index in [1.54, 1.807) is 38.3 Å². The number of methoxy groups -OCH3 is 1. The summed E-state index contributed by atoms with van der Waals surface area (Å²) in [6.07, 6.45) is -0.613. The van der Waals surface area contributed by atoms with Crippen molar-refractivity contribution in [2.24, 2.45) is 0 Å². The van der Waals surface area contributed by atoms with Crippen LogP contribution in [0.5, 0.6) is 17.2 Å². The largest absolute Gasteiger partial charge is 0.493 e. The van der Waals surface area contributed by atoms with Crippen LogP contribution in [0.4, 0.5) is 0 Å². The first-order valence-corrected chi connectivity index (χ1v) is 7.93. The standard InChI is InChI=1S/C18H20ClNO4/c1-13(24-15-9-7-14(19)8-10-15)18(21)20-11-12-23-17-6-4-3-5-16(17)22-2/h3-10,13H,11-12H2,1-2H3,(H,20,21)/t13-/m0/s1. The van der Waals surface area contributed by atoms with Crippen LogP contribution in [0.3, 0.4) is 0 Å². The molecule has 128 valence electrons. The molecule has 0 spiro atoms. The summed E-state index contributed by atoms with van der Waals surface area (Å²) in [4.78, 5) is 12.0. The van der Waals surface area contributed by atoms with Crippen molar-refractivity contribution in [3.8, 4) is 17.2 Å². The molecule has 1 atom stereocenters. The van der Waals surface area contributed by atoms with Crippen LogP contribution >= 0.6 is 11.6 Å². The highest BCUT2D eigenvalue weighted by molar-refractivity contribution is 6.30. The Hall–Kier alpha value is -2.40. The van der Waals surface area contributed by atoms with Gasteiger partial charge in [0, 0.05) is 5.02 Å². The minimum absolute atomic E-state index is 0.214. The molecule has 0 saturated carbocycles. The van der Waals surface area contributed by atoms with Crippen molar-refractivity contribution in [3.05, 3.63) is 53.6 Å². The zero-order chi connectivity index (χ0) is 17.4. The molecule has 2 aromatic rings. The van der Waals surface area contributed by atoms with Crippen LogP contribution in [-0.4, -0.2) is 32.3 Å². The van der Waals surface area contributed by atoms with E-state index >= 15 is 0 Å². The third-order valence-corrected chi connectivity index (χ3v) is 3.48. The summed E-state index contributed by atoms with van der Waals surface area (Å²) in [5.74, 6) is 1.67. The second kappa shape index (κ2) is 9.03. The number of nitrogens with one attached hydrogen (secondary N) is 1. The molecule has 0 heterocycles. The quantitative estimate of drug-likeness (QED) is 0.743. The van der Waals surface area contributed by atoms with Crippen LogP contribution in [0.25, 0.3) is 0 Å². The van der Waals surface area contributed by atoms with E-state index in [2.05, 4.69) is 5.32 Å². The van der Waals surface area contributed by atoms with E-state index in [0.717, 1.165) is 0 Å². The molecule has 0 saturated heterocycles. The van der Waals surface area contributed by atoms with E-state index < -0.39 is 6.10 Å². The van der Waals surface area contributed by atoms with Gasteiger partial charge in [-0.2, -0.15) is 0 Å². The number of para-hydroxylation sites is 2. The third kappa shape index (κ3) is 5.35. The molecule has 24 heavy (non-hydrogen) atoms. The zero-order valence-corrected chi connectivity index (χ0v) is 14.4. The maximum Gasteiger partial charge on any atom is 0.260 e. The number of amides is 1. The van der Waals surface area contributed by atoms with Crippen LogP contribution < -0.4 is 19.5 Å². The molecule has 1 N–H and O–H groups in total. The van der Waals surface area contributed by atoms with Gasteiger partial charge in [-0.25, -0.2) is 0 Å². The van der Waals surface area contributed by atoms with Crippen molar-refractivity contribution in [2.45, 2.75) is 13.0 Å². The highest BCUT2D eigenvalue weighted by atomic mass is 35.5. The van der Waals surface area contributed by atoms with E-state index in [-0.39, 0.29) is 5.91 Å². The molecule has 0 aliphatic carbocycles. The Labute approximate surface area is 146 Å². The van der Waals surface area contributed by atoms with Gasteiger partial charge < -0.3 is 19.5 Å². The van der Waals surface area contributed by atoms with Gasteiger partial charge in [-0.15, -0.1) is 0 Å². The zero-order valence-electron chi connectivity index (χ0n) is 13.6. The summed E-state index contributed by atoms with van der Waals surface area (Å²) in [6, 6.07) is 14.2. The third-order valence-electron chi connectivity index (χ3n) is 3.22. The summed E-state index contributed by atoms with van der Waals surface area (Å²) in [5.41, 5.74) is 0. The predicted octanol–water partition coefficient (Wildman–Crippen LogP) is 3.31. The first-order chi connectivity index (χ1) is 11.6. The van der Waals surface area contributed by atoms with Crippen molar-refractivity contribution >= 4 is 17.5 Å². The summed E-state index contributed by atoms with van der Waals surface area (Å²) >= 11 is 5.81. The van der Waals surface area contributed by atoms with E-state index in [9.17, 15) is 4.79 Å². The molecule has 5 nitrogen and oxygen atoms in total. The highest BCUT2D eigenvalue weighted by Crippen LogP contribution is 2.25. The fourth-order valence-electron chi connectivity index (χ4n) is 1.99. The SMILES string of the molecule is COc1ccccc1OCCNC(=O)[C@H](C)Oc1ccc(Cl)cc1. The minimum atomic E-state index is -0.613. The smallest absolute Gasteiger partial charge is 0.260 e. The van der Waals surface area contributed by atoms with Gasteiger partial charge >= 0.3 is 0 Å². The van der Waals surface area contributed by atoms with Gasteiger partial charge in [0.1, 0.15) is 12.4 Å². The van der Waals surface area contributed by atoms with Gasteiger partial charge in [0.15, 0.2) is 17.6 Å². The number of hydrogen-bond donors (Lipinski definition) is 1. The van der Waals surface area contributed by atoms with E-state index in [1.807, 2.05) is 24.3 Å². The Morgan fingerprint density at radius 1 is 1.12 bits per heavy atom. The first kappa shape index (κ1) is 17.9. The molecule has 6 heteroatoms. The van der Waals surface area contributed by atoms with Gasteiger partial charge in [-0.3, -0.25) is 4.79 Å². The Balaban J connectivity index is 1.73. The molecule has 0 aromatic heterocycles. The monoisotopic (exact) mass is 349 g/mol. The second-order valence-electron chi connectivity index (χ2n) is 5.00. The van der Waals surface area contributed by atoms with Crippen LogP contribution in [0.2, 0.25) is 5.02 Å². The lowest BCUT2D eigenvalue weighted by molar-refractivity contribution is -0.127. The topological polar surface area (TPSA) is 56.8 Å². The summed E-state index contributed by atoms with van der Waals surface area (Å²) in [5, 5.41) is 3.38. The fourth-order valence-corrected chi connectivity index (χ4v) is 2.11. The molecular weight excluding hydrogens is 330 g/mol. The maximum absolute atomic E-state index is 12.0. The molecule has 0 radical (unpaired) electrons. The number of rotatable bonds is 8. The Bertz CT molecular complexity index is 660. The van der Waals surface area contributed by atoms with Crippen molar-refractivity contribution in [3.63, 3.8) is 0 Å². The molecule has 0 bridgehead atoms. The minimum Gasteiger partial charge on any atom is -0.493 e. The van der Waals surface area contributed by atoms with Crippen LogP contribution in [0.15, 0.2) is 48.5 Å². The van der Waals surface area contributed by atoms with Crippen LogP contribution in [-0.2, 0) is 4.79 Å². The summed E-state index contributed by atoms with van der Waals surface area (Å²) in [7, 11) is 1.58. The van der Waals surface area contributed by atoms with Crippen molar-refractivity contribution in [2.75, 3.05) is 20.3 Å². The molecule has 1 amide bonds. The molecular formula is C18H20ClNO4. The molecule has 0 fully saturated rings. The predicted molar refractivity (Wildman–Crippen MR) is 93.0 cm³/mol. The average molecular weight is 350 g/mol. The summed E-state index contributed by atoms with van der Waals surface area (Å²) < 4.78 is 16.3. The second-order valence-corrected chi connectivity index (χ2v) is 5.44. The van der Waals surface area contributed by atoms with E-state index in [0.29, 0.717) is 35.4 Å². The van der Waals surface area contributed by atoms with Crippen LogP contribution in [0.1, 0.15) is 6.92 Å². The van der Waals surface area contributed by atoms with Crippen molar-refractivity contribution in [1.82, 2.24) is 5.32 Å². The van der Waals surface area contributed by atoms with Gasteiger partial charge in [-0.1, -0.05) is 23.7 Å². The lowest BCUT2D eigenvalue weighted by Gasteiger charge is -2.15. The highest BCUT2D eigenvalue weighted by Gasteiger charge is 2.14. The number of ether oxygens (including phenoxy) is 3. The van der Waals surface area contributed by atoms with Crippen LogP contribution in [0, 0.1) is 0 Å². The van der Waals surface area contributed by atoms with Gasteiger partial charge in [-0.05, 0) is 43.3 Å². The lowest BCUT2D eigenvalue weighted by atomic mass is 10.3. The molecule has 0 aliphatic rings. The van der Waals surface area contributed by atoms with E-state index in [4.69, 9.17) is 25.8 Å². The van der Waals surface area contributed by atoms with Gasteiger partial charge in [0.05, 0.1) is 13.7 Å². The number of carbonyl (C=O) groups is 1. The fraction of sp³-hybridized carbons (Fsp3) is 0.278. The van der Waals surface area contributed by atoms with E-state index in [1.165, 1.54) is 0 Å². The first-order valence-electron chi connectivity index (χ1n) is 7.56. The molecule has 0 aliphatic heterocycles. The molecule has 2 rings (SSSR count). The Kier molecular flexibility index (Phi) is 6.75. The van der Waals surface area contributed by atoms with Crippen molar-refractivity contribution < 1.29 is 19.0 Å². The number of halogens is 1. The number of hydrogen-bond acceptors (Lipinski definition) is 4. The number of benzene rings is 2. The maximum atomic E-state index is 12.0. The van der Waals surface area contributed by atoms with Crippen molar-refractivity contribution in [1.29, 1.82) is 0 Å². The molecule has 0 unspecified atom stereocenters. The Morgan fingerprint density at radius 2 is 1.79 bits per heavy atom. The average Bonchev–Trinajstić information content (AvgIpc) is 2.60. The summed E-state index contributed by atoms with van der Waals surface area (Å²) in [6.45, 7) is 2.38. The molecule has 2 aromatic carbocycles. The van der Waals surface area contributed by atoms with Gasteiger partial charge in [0.2, 0.25) is 0 Å². The lowest BCUT2D eigenvalue weighted by Crippen LogP contribution is -2.38. The van der Waals surface area contributed by atoms with Gasteiger partial charge in [0.25, 0.3) is 5.91 Å².